The predicted octanol–water partition coefficient (Wildman–Crippen LogP) is 4.76. The minimum Gasteiger partial charge on any atom is -0.352 e. The van der Waals surface area contributed by atoms with E-state index >= 15 is 0 Å². The molecule has 2 aromatic carbocycles. The van der Waals surface area contributed by atoms with Gasteiger partial charge in [-0.2, -0.15) is 0 Å². The zero-order valence-electron chi connectivity index (χ0n) is 17.2. The van der Waals surface area contributed by atoms with Crippen molar-refractivity contribution >= 4 is 23.2 Å². The molecule has 0 aromatic heterocycles. The molecule has 3 rings (SSSR count). The summed E-state index contributed by atoms with van der Waals surface area (Å²) in [5.74, 6) is -0.283. The lowest BCUT2D eigenvalue weighted by Gasteiger charge is -2.27. The molecule has 1 N–H and O–H groups in total. The molecule has 0 heterocycles. The lowest BCUT2D eigenvalue weighted by Crippen LogP contribution is -2.42. The summed E-state index contributed by atoms with van der Waals surface area (Å²) in [6.45, 7) is 0.706. The normalized spacial score (nSPS) is 15.7. The van der Waals surface area contributed by atoms with Crippen LogP contribution in [-0.4, -0.2) is 41.9 Å². The number of para-hydroxylation sites is 1. The van der Waals surface area contributed by atoms with E-state index < -0.39 is 0 Å². The van der Waals surface area contributed by atoms with Gasteiger partial charge in [0.25, 0.3) is 5.69 Å². The second kappa shape index (κ2) is 10.5. The molecule has 160 valence electrons. The van der Waals surface area contributed by atoms with Gasteiger partial charge in [-0.25, -0.2) is 0 Å². The first-order valence-corrected chi connectivity index (χ1v) is 10.8. The van der Waals surface area contributed by atoms with Gasteiger partial charge in [-0.1, -0.05) is 61.2 Å². The molecule has 2 aromatic rings. The highest BCUT2D eigenvalue weighted by Gasteiger charge is 2.25. The van der Waals surface area contributed by atoms with Crippen LogP contribution in [0.4, 0.5) is 5.69 Å². The summed E-state index contributed by atoms with van der Waals surface area (Å²) in [5.41, 5.74) is 1.57. The third-order valence-corrected chi connectivity index (χ3v) is 5.87. The number of halogens is 1. The Hall–Kier alpha value is -2.44. The topological polar surface area (TPSA) is 75.5 Å². The number of hydrogen-bond donors (Lipinski definition) is 1. The maximum Gasteiger partial charge on any atom is 0.273 e. The van der Waals surface area contributed by atoms with Gasteiger partial charge in [0.1, 0.15) is 0 Å². The molecule has 30 heavy (non-hydrogen) atoms. The molecule has 0 radical (unpaired) electrons. The van der Waals surface area contributed by atoms with Gasteiger partial charge in [-0.15, -0.1) is 0 Å². The van der Waals surface area contributed by atoms with E-state index in [1.54, 1.807) is 24.3 Å². The van der Waals surface area contributed by atoms with E-state index in [9.17, 15) is 14.9 Å². The maximum atomic E-state index is 12.5. The summed E-state index contributed by atoms with van der Waals surface area (Å²) in [6, 6.07) is 14.4. The summed E-state index contributed by atoms with van der Waals surface area (Å²) >= 11 is 6.20. The van der Waals surface area contributed by atoms with Crippen LogP contribution in [0.15, 0.2) is 48.5 Å². The van der Waals surface area contributed by atoms with Crippen LogP contribution in [0, 0.1) is 10.1 Å². The van der Waals surface area contributed by atoms with Crippen LogP contribution in [0.2, 0.25) is 5.02 Å². The molecule has 0 bridgehead atoms. The average Bonchev–Trinajstić information content (AvgIpc) is 2.72. The summed E-state index contributed by atoms with van der Waals surface area (Å²) < 4.78 is 0. The van der Waals surface area contributed by atoms with Gasteiger partial charge in [-0.3, -0.25) is 19.8 Å². The van der Waals surface area contributed by atoms with Gasteiger partial charge in [0.15, 0.2) is 0 Å². The summed E-state index contributed by atoms with van der Waals surface area (Å²) in [7, 11) is 1.87. The van der Waals surface area contributed by atoms with Crippen molar-refractivity contribution in [2.75, 3.05) is 20.1 Å². The van der Waals surface area contributed by atoms with Gasteiger partial charge in [0.2, 0.25) is 5.91 Å². The minimum atomic E-state index is -0.358. The van der Waals surface area contributed by atoms with Crippen molar-refractivity contribution in [3.05, 3.63) is 74.8 Å². The van der Waals surface area contributed by atoms with E-state index in [0.717, 1.165) is 31.2 Å². The molecule has 1 atom stereocenters. The zero-order chi connectivity index (χ0) is 21.5. The summed E-state index contributed by atoms with van der Waals surface area (Å²) in [4.78, 5) is 25.7. The molecule has 0 spiro atoms. The molecule has 1 fully saturated rings. The number of likely N-dealkylation sites (N-methyl/N-ethyl adjacent to an activating group) is 1. The van der Waals surface area contributed by atoms with Crippen molar-refractivity contribution in [3.8, 4) is 0 Å². The number of rotatable bonds is 8. The Morgan fingerprint density at radius 3 is 2.63 bits per heavy atom. The standard InChI is InChI=1S/C23H28ClN3O3/c1-26(16-23(28)25-19-10-3-2-4-11-19)15-21(17-8-7-9-18(24)14-17)20-12-5-6-13-22(20)27(29)30/h5-9,12-14,19,21H,2-4,10-11,15-16H2,1H3,(H,25,28). The number of hydrogen-bond acceptors (Lipinski definition) is 4. The van der Waals surface area contributed by atoms with Crippen molar-refractivity contribution in [1.29, 1.82) is 0 Å². The van der Waals surface area contributed by atoms with Crippen LogP contribution in [-0.2, 0) is 4.79 Å². The minimum absolute atomic E-state index is 0.00296. The van der Waals surface area contributed by atoms with E-state index in [1.165, 1.54) is 12.5 Å². The van der Waals surface area contributed by atoms with Crippen molar-refractivity contribution in [1.82, 2.24) is 10.2 Å². The lowest BCUT2D eigenvalue weighted by atomic mass is 9.89. The Bertz CT molecular complexity index is 884. The molecule has 1 aliphatic carbocycles. The Morgan fingerprint density at radius 2 is 1.93 bits per heavy atom. The van der Waals surface area contributed by atoms with Crippen molar-refractivity contribution in [3.63, 3.8) is 0 Å². The van der Waals surface area contributed by atoms with Gasteiger partial charge >= 0.3 is 0 Å². The number of carbonyl (C=O) groups is 1. The molecule has 1 amide bonds. The average molecular weight is 430 g/mol. The highest BCUT2D eigenvalue weighted by atomic mass is 35.5. The highest BCUT2D eigenvalue weighted by molar-refractivity contribution is 6.30. The fourth-order valence-corrected chi connectivity index (χ4v) is 4.40. The Balaban J connectivity index is 1.77. The molecule has 1 unspecified atom stereocenters. The first kappa shape index (κ1) is 22.2. The van der Waals surface area contributed by atoms with E-state index in [1.807, 2.05) is 30.1 Å². The monoisotopic (exact) mass is 429 g/mol. The van der Waals surface area contributed by atoms with E-state index in [0.29, 0.717) is 17.1 Å². The predicted molar refractivity (Wildman–Crippen MR) is 119 cm³/mol. The lowest BCUT2D eigenvalue weighted by molar-refractivity contribution is -0.385. The van der Waals surface area contributed by atoms with Crippen LogP contribution in [0.3, 0.4) is 0 Å². The number of nitrogens with zero attached hydrogens (tertiary/aromatic N) is 2. The largest absolute Gasteiger partial charge is 0.352 e. The van der Waals surface area contributed by atoms with Crippen LogP contribution in [0.25, 0.3) is 0 Å². The molecular weight excluding hydrogens is 402 g/mol. The molecule has 1 saturated carbocycles. The number of nitro groups is 1. The Morgan fingerprint density at radius 1 is 1.20 bits per heavy atom. The molecule has 0 aliphatic heterocycles. The van der Waals surface area contributed by atoms with Crippen molar-refractivity contribution in [2.24, 2.45) is 0 Å². The molecule has 6 nitrogen and oxygen atoms in total. The van der Waals surface area contributed by atoms with Crippen LogP contribution in [0.1, 0.15) is 49.1 Å². The van der Waals surface area contributed by atoms with Gasteiger partial charge in [-0.05, 0) is 37.6 Å². The first-order valence-electron chi connectivity index (χ1n) is 10.4. The maximum absolute atomic E-state index is 12.5. The smallest absolute Gasteiger partial charge is 0.273 e. The molecule has 7 heteroatoms. The zero-order valence-corrected chi connectivity index (χ0v) is 18.0. The first-order chi connectivity index (χ1) is 14.4. The van der Waals surface area contributed by atoms with Crippen molar-refractivity contribution < 1.29 is 9.72 Å². The quantitative estimate of drug-likeness (QED) is 0.484. The van der Waals surface area contributed by atoms with Crippen molar-refractivity contribution in [2.45, 2.75) is 44.1 Å². The number of nitrogens with one attached hydrogen (secondary N) is 1. The number of carbonyl (C=O) groups excluding carboxylic acids is 1. The second-order valence-corrected chi connectivity index (χ2v) is 8.46. The Labute approximate surface area is 182 Å². The van der Waals surface area contributed by atoms with E-state index in [4.69, 9.17) is 11.6 Å². The molecule has 0 saturated heterocycles. The molecule has 1 aliphatic rings. The van der Waals surface area contributed by atoms with Gasteiger partial charge in [0.05, 0.1) is 11.5 Å². The SMILES string of the molecule is CN(CC(=O)NC1CCCCC1)CC(c1cccc(Cl)c1)c1ccccc1[N+](=O)[O-]. The van der Waals surface area contributed by atoms with E-state index in [2.05, 4.69) is 5.32 Å². The fourth-order valence-electron chi connectivity index (χ4n) is 4.20. The van der Waals surface area contributed by atoms with Crippen LogP contribution < -0.4 is 5.32 Å². The third-order valence-electron chi connectivity index (χ3n) is 5.64. The van der Waals surface area contributed by atoms with Crippen LogP contribution in [0.5, 0.6) is 0 Å². The van der Waals surface area contributed by atoms with Gasteiger partial charge in [0, 0.05) is 35.2 Å². The third kappa shape index (κ3) is 6.03. The van der Waals surface area contributed by atoms with Gasteiger partial charge < -0.3 is 5.32 Å². The Kier molecular flexibility index (Phi) is 7.82. The highest BCUT2D eigenvalue weighted by Crippen LogP contribution is 2.33. The number of benzene rings is 2. The summed E-state index contributed by atoms with van der Waals surface area (Å²) in [6.07, 6.45) is 5.64. The number of nitro benzene ring substituents is 1. The second-order valence-electron chi connectivity index (χ2n) is 8.02. The van der Waals surface area contributed by atoms with Crippen LogP contribution >= 0.6 is 11.6 Å². The van der Waals surface area contributed by atoms with E-state index in [-0.39, 0.29) is 35.0 Å². The fraction of sp³-hybridized carbons (Fsp3) is 0.435. The summed E-state index contributed by atoms with van der Waals surface area (Å²) in [5, 5.41) is 15.3. The molecular formula is C23H28ClN3O3. The number of amides is 1.